The molecule has 2 N–H and O–H groups in total. The van der Waals surface area contributed by atoms with Gasteiger partial charge in [0.1, 0.15) is 0 Å². The lowest BCUT2D eigenvalue weighted by Gasteiger charge is -2.38. The van der Waals surface area contributed by atoms with Gasteiger partial charge in [0.15, 0.2) is 0 Å². The highest BCUT2D eigenvalue weighted by atomic mass is 16.5. The van der Waals surface area contributed by atoms with Crippen LogP contribution in [0.4, 0.5) is 0 Å². The second-order valence-corrected chi connectivity index (χ2v) is 5.95. The third-order valence-electron chi connectivity index (χ3n) is 4.71. The van der Waals surface area contributed by atoms with Crippen molar-refractivity contribution in [1.82, 2.24) is 9.80 Å². The van der Waals surface area contributed by atoms with Gasteiger partial charge in [0.05, 0.1) is 6.61 Å². The molecule has 3 unspecified atom stereocenters. The van der Waals surface area contributed by atoms with Gasteiger partial charge in [-0.3, -0.25) is 4.90 Å². The van der Waals surface area contributed by atoms with Crippen LogP contribution in [0.5, 0.6) is 0 Å². The summed E-state index contributed by atoms with van der Waals surface area (Å²) in [5.41, 5.74) is 6.31. The number of nitrogens with two attached hydrogens (primary N) is 1. The number of likely N-dealkylation sites (tertiary alicyclic amines) is 2. The van der Waals surface area contributed by atoms with Crippen LogP contribution in [0, 0.1) is 5.92 Å². The highest BCUT2D eigenvalue weighted by Crippen LogP contribution is 2.34. The molecular formula is C13H27N3O. The van der Waals surface area contributed by atoms with Crippen molar-refractivity contribution < 1.29 is 4.74 Å². The van der Waals surface area contributed by atoms with E-state index in [2.05, 4.69) is 23.8 Å². The molecule has 0 radical (unpaired) electrons. The number of hydrogen-bond donors (Lipinski definition) is 1. The number of likely N-dealkylation sites (N-methyl/N-ethyl adjacent to an activating group) is 1. The number of hydrogen-bond acceptors (Lipinski definition) is 4. The molecule has 2 aliphatic heterocycles. The van der Waals surface area contributed by atoms with Crippen LogP contribution in [-0.4, -0.2) is 68.3 Å². The Hall–Kier alpha value is -0.160. The van der Waals surface area contributed by atoms with E-state index in [1.54, 1.807) is 7.11 Å². The lowest BCUT2D eigenvalue weighted by atomic mass is 9.94. The smallest absolute Gasteiger partial charge is 0.0503 e. The van der Waals surface area contributed by atoms with Crippen molar-refractivity contribution in [3.05, 3.63) is 0 Å². The number of nitrogens with zero attached hydrogens (tertiary/aromatic N) is 2. The second kappa shape index (κ2) is 5.22. The van der Waals surface area contributed by atoms with Crippen LogP contribution < -0.4 is 5.73 Å². The van der Waals surface area contributed by atoms with Crippen LogP contribution in [0.15, 0.2) is 0 Å². The summed E-state index contributed by atoms with van der Waals surface area (Å²) in [4.78, 5) is 5.06. The molecule has 100 valence electrons. The highest BCUT2D eigenvalue weighted by molar-refractivity contribution is 5.04. The topological polar surface area (TPSA) is 41.7 Å². The average molecular weight is 241 g/mol. The van der Waals surface area contributed by atoms with Crippen molar-refractivity contribution in [2.45, 2.75) is 31.3 Å². The van der Waals surface area contributed by atoms with E-state index in [1.807, 2.05) is 0 Å². The van der Waals surface area contributed by atoms with E-state index in [-0.39, 0.29) is 5.54 Å². The van der Waals surface area contributed by atoms with Crippen LogP contribution in [-0.2, 0) is 4.74 Å². The van der Waals surface area contributed by atoms with Crippen molar-refractivity contribution >= 4 is 0 Å². The Morgan fingerprint density at radius 1 is 1.47 bits per heavy atom. The Morgan fingerprint density at radius 2 is 2.24 bits per heavy atom. The molecule has 2 fully saturated rings. The largest absolute Gasteiger partial charge is 0.384 e. The van der Waals surface area contributed by atoms with Gasteiger partial charge in [0, 0.05) is 38.3 Å². The maximum absolute atomic E-state index is 6.09. The van der Waals surface area contributed by atoms with Crippen molar-refractivity contribution in [3.63, 3.8) is 0 Å². The molecule has 2 aliphatic rings. The van der Waals surface area contributed by atoms with Gasteiger partial charge in [-0.15, -0.1) is 0 Å². The third kappa shape index (κ3) is 2.50. The first-order valence-corrected chi connectivity index (χ1v) is 6.75. The average Bonchev–Trinajstić information content (AvgIpc) is 2.87. The fourth-order valence-corrected chi connectivity index (χ4v) is 3.53. The van der Waals surface area contributed by atoms with E-state index in [0.29, 0.717) is 12.0 Å². The summed E-state index contributed by atoms with van der Waals surface area (Å²) in [5.74, 6) is 0.699. The lowest BCUT2D eigenvalue weighted by molar-refractivity contribution is 0.109. The molecule has 2 saturated heterocycles. The molecule has 0 aromatic heterocycles. The van der Waals surface area contributed by atoms with Gasteiger partial charge in [-0.25, -0.2) is 0 Å². The minimum atomic E-state index is 0.219. The molecule has 0 aromatic carbocycles. The Bertz CT molecular complexity index is 249. The maximum atomic E-state index is 6.09. The van der Waals surface area contributed by atoms with E-state index in [9.17, 15) is 0 Å². The molecule has 4 nitrogen and oxygen atoms in total. The van der Waals surface area contributed by atoms with Gasteiger partial charge < -0.3 is 15.4 Å². The SMILES string of the molecule is COCC1CCN(C2(CN)CC(C)N(C)C2)C1. The summed E-state index contributed by atoms with van der Waals surface area (Å²) in [5, 5.41) is 0. The van der Waals surface area contributed by atoms with Gasteiger partial charge in [0.25, 0.3) is 0 Å². The zero-order valence-electron chi connectivity index (χ0n) is 11.5. The normalized spacial score (nSPS) is 40.2. The van der Waals surface area contributed by atoms with Crippen molar-refractivity contribution in [1.29, 1.82) is 0 Å². The molecule has 0 saturated carbocycles. The molecule has 3 atom stereocenters. The minimum Gasteiger partial charge on any atom is -0.384 e. The number of rotatable bonds is 4. The van der Waals surface area contributed by atoms with E-state index >= 15 is 0 Å². The maximum Gasteiger partial charge on any atom is 0.0503 e. The molecule has 0 bridgehead atoms. The molecule has 2 heterocycles. The molecule has 0 aromatic rings. The van der Waals surface area contributed by atoms with E-state index in [1.165, 1.54) is 19.4 Å². The van der Waals surface area contributed by atoms with Crippen molar-refractivity contribution in [2.24, 2.45) is 11.7 Å². The molecule has 0 spiro atoms. The summed E-state index contributed by atoms with van der Waals surface area (Å²) in [6.45, 7) is 7.44. The predicted octanol–water partition coefficient (Wildman–Crippen LogP) is 0.376. The van der Waals surface area contributed by atoms with Gasteiger partial charge in [-0.2, -0.15) is 0 Å². The molecule has 2 rings (SSSR count). The van der Waals surface area contributed by atoms with Crippen LogP contribution in [0.1, 0.15) is 19.8 Å². The minimum absolute atomic E-state index is 0.219. The van der Waals surface area contributed by atoms with Crippen LogP contribution >= 0.6 is 0 Å². The summed E-state index contributed by atoms with van der Waals surface area (Å²) < 4.78 is 5.28. The summed E-state index contributed by atoms with van der Waals surface area (Å²) in [7, 11) is 4.01. The zero-order valence-corrected chi connectivity index (χ0v) is 11.5. The first-order chi connectivity index (χ1) is 8.11. The summed E-state index contributed by atoms with van der Waals surface area (Å²) in [6.07, 6.45) is 2.47. The van der Waals surface area contributed by atoms with Gasteiger partial charge in [-0.05, 0) is 39.3 Å². The first-order valence-electron chi connectivity index (χ1n) is 6.75. The molecule has 17 heavy (non-hydrogen) atoms. The van der Waals surface area contributed by atoms with E-state index in [0.717, 1.165) is 26.2 Å². The highest BCUT2D eigenvalue weighted by Gasteiger charge is 2.46. The fraction of sp³-hybridized carbons (Fsp3) is 1.00. The van der Waals surface area contributed by atoms with Crippen molar-refractivity contribution in [2.75, 3.05) is 46.9 Å². The monoisotopic (exact) mass is 241 g/mol. The van der Waals surface area contributed by atoms with Crippen LogP contribution in [0.25, 0.3) is 0 Å². The Labute approximate surface area is 105 Å². The first kappa shape index (κ1) is 13.3. The third-order valence-corrected chi connectivity index (χ3v) is 4.71. The molecule has 0 amide bonds. The van der Waals surface area contributed by atoms with Gasteiger partial charge in [0.2, 0.25) is 0 Å². The standard InChI is InChI=1S/C13H27N3O/c1-11-6-13(9-14,10-15(11)2)16-5-4-12(7-16)8-17-3/h11-12H,4-10,14H2,1-3H3. The number of ether oxygens (including phenoxy) is 1. The van der Waals surface area contributed by atoms with Crippen LogP contribution in [0.2, 0.25) is 0 Å². The van der Waals surface area contributed by atoms with Crippen LogP contribution in [0.3, 0.4) is 0 Å². The summed E-state index contributed by atoms with van der Waals surface area (Å²) >= 11 is 0. The Kier molecular flexibility index (Phi) is 4.08. The van der Waals surface area contributed by atoms with E-state index in [4.69, 9.17) is 10.5 Å². The molecule has 0 aliphatic carbocycles. The van der Waals surface area contributed by atoms with Crippen molar-refractivity contribution in [3.8, 4) is 0 Å². The number of methoxy groups -OCH3 is 1. The fourth-order valence-electron chi connectivity index (χ4n) is 3.53. The summed E-state index contributed by atoms with van der Waals surface area (Å²) in [6, 6.07) is 0.653. The predicted molar refractivity (Wildman–Crippen MR) is 70.1 cm³/mol. The lowest BCUT2D eigenvalue weighted by Crippen LogP contribution is -2.54. The second-order valence-electron chi connectivity index (χ2n) is 5.95. The Morgan fingerprint density at radius 3 is 2.76 bits per heavy atom. The molecular weight excluding hydrogens is 214 g/mol. The van der Waals surface area contributed by atoms with Gasteiger partial charge >= 0.3 is 0 Å². The van der Waals surface area contributed by atoms with Gasteiger partial charge in [-0.1, -0.05) is 0 Å². The molecule has 4 heteroatoms. The quantitative estimate of drug-likeness (QED) is 0.772. The van der Waals surface area contributed by atoms with E-state index < -0.39 is 0 Å². The Balaban J connectivity index is 2.00. The zero-order chi connectivity index (χ0) is 12.5.